The minimum Gasteiger partial charge on any atom is -0.347 e. The maximum Gasteiger partial charge on any atom is 0.251 e. The van der Waals surface area contributed by atoms with E-state index in [-0.39, 0.29) is 21.4 Å². The molecule has 0 unspecified atom stereocenters. The normalized spacial score (nSPS) is 11.4. The number of halogens is 1. The van der Waals surface area contributed by atoms with Crippen molar-refractivity contribution >= 4 is 38.7 Å². The number of hydrogen-bond donors (Lipinski definition) is 1. The highest BCUT2D eigenvalue weighted by Crippen LogP contribution is 2.22. The van der Waals surface area contributed by atoms with Crippen molar-refractivity contribution in [2.45, 2.75) is 18.4 Å². The van der Waals surface area contributed by atoms with Crippen molar-refractivity contribution in [3.63, 3.8) is 0 Å². The second kappa shape index (κ2) is 6.13. The van der Waals surface area contributed by atoms with Gasteiger partial charge in [-0.3, -0.25) is 4.79 Å². The van der Waals surface area contributed by atoms with Gasteiger partial charge in [0.05, 0.1) is 21.5 Å². The van der Waals surface area contributed by atoms with Crippen molar-refractivity contribution in [2.24, 2.45) is 0 Å². The van der Waals surface area contributed by atoms with Crippen LogP contribution in [0.4, 0.5) is 0 Å². The predicted octanol–water partition coefficient (Wildman–Crippen LogP) is 2.44. The minimum atomic E-state index is -3.47. The third-order valence-corrected chi connectivity index (χ3v) is 5.18. The number of rotatable bonds is 4. The first-order chi connectivity index (χ1) is 9.77. The molecule has 21 heavy (non-hydrogen) atoms. The van der Waals surface area contributed by atoms with E-state index in [4.69, 9.17) is 11.6 Å². The summed E-state index contributed by atoms with van der Waals surface area (Å²) < 4.78 is 23.2. The van der Waals surface area contributed by atoms with Crippen LogP contribution in [0.1, 0.15) is 20.2 Å². The average Bonchev–Trinajstić information content (AvgIpc) is 2.81. The van der Waals surface area contributed by atoms with E-state index in [0.717, 1.165) is 16.1 Å². The molecule has 5 nitrogen and oxygen atoms in total. The summed E-state index contributed by atoms with van der Waals surface area (Å²) in [7, 11) is -3.47. The lowest BCUT2D eigenvalue weighted by molar-refractivity contribution is 0.0951. The van der Waals surface area contributed by atoms with Gasteiger partial charge < -0.3 is 5.32 Å². The summed E-state index contributed by atoms with van der Waals surface area (Å²) in [6.07, 6.45) is 2.75. The molecule has 0 atom stereocenters. The van der Waals surface area contributed by atoms with Crippen LogP contribution in [-0.4, -0.2) is 25.6 Å². The molecule has 0 fully saturated rings. The smallest absolute Gasteiger partial charge is 0.251 e. The summed E-state index contributed by atoms with van der Waals surface area (Å²) in [4.78, 5) is 17.0. The van der Waals surface area contributed by atoms with Crippen LogP contribution in [0.15, 0.2) is 29.3 Å². The molecule has 1 N–H and O–H groups in total. The first-order valence-electron chi connectivity index (χ1n) is 5.96. The topological polar surface area (TPSA) is 76.1 Å². The van der Waals surface area contributed by atoms with Crippen LogP contribution >= 0.6 is 22.9 Å². The number of aryl methyl sites for hydroxylation is 1. The Hall–Kier alpha value is -1.44. The highest BCUT2D eigenvalue weighted by atomic mass is 35.5. The van der Waals surface area contributed by atoms with Crippen LogP contribution in [0.3, 0.4) is 0 Å². The van der Waals surface area contributed by atoms with Crippen LogP contribution in [0, 0.1) is 6.92 Å². The number of carbonyl (C=O) groups is 1. The van der Waals surface area contributed by atoms with E-state index in [9.17, 15) is 13.2 Å². The molecule has 8 heteroatoms. The lowest BCUT2D eigenvalue weighted by atomic mass is 10.2. The number of thiazole rings is 1. The largest absolute Gasteiger partial charge is 0.347 e. The van der Waals surface area contributed by atoms with Gasteiger partial charge in [0.1, 0.15) is 0 Å². The van der Waals surface area contributed by atoms with Gasteiger partial charge in [0.2, 0.25) is 0 Å². The van der Waals surface area contributed by atoms with Gasteiger partial charge >= 0.3 is 0 Å². The Bertz CT molecular complexity index is 784. The van der Waals surface area contributed by atoms with Gasteiger partial charge in [0.25, 0.3) is 5.91 Å². The molecule has 1 amide bonds. The molecule has 0 radical (unpaired) electrons. The van der Waals surface area contributed by atoms with Gasteiger partial charge in [0.15, 0.2) is 9.84 Å². The summed E-state index contributed by atoms with van der Waals surface area (Å²) in [6.45, 7) is 2.23. The van der Waals surface area contributed by atoms with E-state index >= 15 is 0 Å². The maximum atomic E-state index is 12.1. The van der Waals surface area contributed by atoms with Crippen molar-refractivity contribution in [3.05, 3.63) is 44.9 Å². The van der Waals surface area contributed by atoms with E-state index in [0.29, 0.717) is 6.54 Å². The Morgan fingerprint density at radius 3 is 2.71 bits per heavy atom. The van der Waals surface area contributed by atoms with E-state index in [1.165, 1.54) is 29.5 Å². The molecule has 0 saturated heterocycles. The molecule has 0 bridgehead atoms. The molecular formula is C13H13ClN2O3S2. The number of sulfone groups is 1. The molecule has 0 aliphatic heterocycles. The second-order valence-electron chi connectivity index (χ2n) is 4.45. The number of hydrogen-bond acceptors (Lipinski definition) is 5. The fourth-order valence-electron chi connectivity index (χ4n) is 1.69. The van der Waals surface area contributed by atoms with Gasteiger partial charge in [-0.15, -0.1) is 11.3 Å². The van der Waals surface area contributed by atoms with Crippen LogP contribution in [-0.2, 0) is 16.4 Å². The molecule has 112 valence electrons. The average molecular weight is 345 g/mol. The summed E-state index contributed by atoms with van der Waals surface area (Å²) in [5.41, 5.74) is 0.251. The van der Waals surface area contributed by atoms with Gasteiger partial charge in [-0.05, 0) is 25.1 Å². The Morgan fingerprint density at radius 2 is 2.14 bits per heavy atom. The maximum absolute atomic E-state index is 12.1. The third kappa shape index (κ3) is 4.03. The number of nitrogens with one attached hydrogen (secondary N) is 1. The lowest BCUT2D eigenvalue weighted by Gasteiger charge is -2.07. The highest BCUT2D eigenvalue weighted by molar-refractivity contribution is 7.90. The van der Waals surface area contributed by atoms with Gasteiger partial charge in [-0.25, -0.2) is 13.4 Å². The van der Waals surface area contributed by atoms with Crippen LogP contribution < -0.4 is 5.32 Å². The zero-order chi connectivity index (χ0) is 15.6. The fourth-order valence-corrected chi connectivity index (χ4v) is 3.72. The summed E-state index contributed by atoms with van der Waals surface area (Å²) in [6, 6.07) is 4.18. The molecular weight excluding hydrogens is 332 g/mol. The summed E-state index contributed by atoms with van der Waals surface area (Å²) in [5, 5.41) is 3.75. The van der Waals surface area contributed by atoms with E-state index in [1.807, 2.05) is 6.92 Å². The number of carbonyl (C=O) groups excluding carboxylic acids is 1. The molecule has 2 aromatic rings. The molecule has 0 saturated carbocycles. The molecule has 2 rings (SSSR count). The Labute approximate surface area is 131 Å². The molecule has 1 aromatic heterocycles. The van der Waals surface area contributed by atoms with Crippen LogP contribution in [0.5, 0.6) is 0 Å². The molecule has 0 aliphatic carbocycles. The quantitative estimate of drug-likeness (QED) is 0.924. The van der Waals surface area contributed by atoms with Gasteiger partial charge in [-0.2, -0.15) is 0 Å². The summed E-state index contributed by atoms with van der Waals surface area (Å²) >= 11 is 7.34. The monoisotopic (exact) mass is 344 g/mol. The van der Waals surface area contributed by atoms with Crippen LogP contribution in [0.25, 0.3) is 0 Å². The van der Waals surface area contributed by atoms with Crippen molar-refractivity contribution in [1.82, 2.24) is 10.3 Å². The Kier molecular flexibility index (Phi) is 4.65. The zero-order valence-electron chi connectivity index (χ0n) is 11.4. The number of aromatic nitrogens is 1. The highest BCUT2D eigenvalue weighted by Gasteiger charge is 2.15. The Morgan fingerprint density at radius 1 is 1.43 bits per heavy atom. The van der Waals surface area contributed by atoms with Gasteiger partial charge in [-0.1, -0.05) is 11.6 Å². The lowest BCUT2D eigenvalue weighted by Crippen LogP contribution is -2.22. The molecule has 1 heterocycles. The first kappa shape index (κ1) is 15.9. The van der Waals surface area contributed by atoms with Crippen molar-refractivity contribution in [2.75, 3.05) is 6.26 Å². The van der Waals surface area contributed by atoms with E-state index in [2.05, 4.69) is 10.3 Å². The number of amides is 1. The third-order valence-electron chi connectivity index (χ3n) is 2.69. The number of nitrogens with zero attached hydrogens (tertiary/aromatic N) is 1. The minimum absolute atomic E-state index is 0.0505. The predicted molar refractivity (Wildman–Crippen MR) is 82.6 cm³/mol. The van der Waals surface area contributed by atoms with Gasteiger partial charge in [0, 0.05) is 22.9 Å². The first-order valence-corrected chi connectivity index (χ1v) is 9.05. The SMILES string of the molecule is Cc1ncc(CNC(=O)c2ccc(Cl)c(S(C)(=O)=O)c2)s1. The van der Waals surface area contributed by atoms with Crippen molar-refractivity contribution < 1.29 is 13.2 Å². The van der Waals surface area contributed by atoms with Crippen LogP contribution in [0.2, 0.25) is 5.02 Å². The molecule has 1 aromatic carbocycles. The number of benzene rings is 1. The zero-order valence-corrected chi connectivity index (χ0v) is 13.8. The Balaban J connectivity index is 2.16. The standard InChI is InChI=1S/C13H13ClN2O3S2/c1-8-15-6-10(20-8)7-16-13(17)9-3-4-11(14)12(5-9)21(2,18)19/h3-6H,7H2,1-2H3,(H,16,17). The fraction of sp³-hybridized carbons (Fsp3) is 0.231. The van der Waals surface area contributed by atoms with E-state index in [1.54, 1.807) is 6.20 Å². The van der Waals surface area contributed by atoms with E-state index < -0.39 is 9.84 Å². The second-order valence-corrected chi connectivity index (χ2v) is 8.16. The molecule has 0 aliphatic rings. The summed E-state index contributed by atoms with van der Waals surface area (Å²) in [5.74, 6) is -0.359. The van der Waals surface area contributed by atoms with Crippen molar-refractivity contribution in [3.8, 4) is 0 Å². The van der Waals surface area contributed by atoms with Crippen molar-refractivity contribution in [1.29, 1.82) is 0 Å². The molecule has 0 spiro atoms.